The molecule has 0 bridgehead atoms. The maximum Gasteiger partial charge on any atom is 0.251 e. The second-order valence-electron chi connectivity index (χ2n) is 5.17. The standard InChI is InChI=1S/C16H25NO2S/c1-4-20-11-13-5-7-14(8-6-13)16(19)17-15(9-10-18)12(2)3/h5-8,12,15,18H,4,9-11H2,1-3H3,(H,17,19). The second-order valence-corrected chi connectivity index (χ2v) is 6.44. The molecule has 1 atom stereocenters. The number of benzene rings is 1. The van der Waals surface area contributed by atoms with Gasteiger partial charge in [0.15, 0.2) is 0 Å². The van der Waals surface area contributed by atoms with Crippen LogP contribution in [0, 0.1) is 5.92 Å². The van der Waals surface area contributed by atoms with Crippen molar-refractivity contribution >= 4 is 17.7 Å². The summed E-state index contributed by atoms with van der Waals surface area (Å²) in [6.07, 6.45) is 0.592. The largest absolute Gasteiger partial charge is 0.396 e. The molecule has 4 heteroatoms. The minimum absolute atomic E-state index is 0.0165. The molecule has 0 fully saturated rings. The van der Waals surface area contributed by atoms with E-state index in [1.165, 1.54) is 5.56 Å². The summed E-state index contributed by atoms with van der Waals surface area (Å²) in [7, 11) is 0. The molecule has 1 rings (SSSR count). The van der Waals surface area contributed by atoms with Crippen LogP contribution >= 0.6 is 11.8 Å². The quantitative estimate of drug-likeness (QED) is 0.775. The van der Waals surface area contributed by atoms with E-state index in [9.17, 15) is 4.79 Å². The van der Waals surface area contributed by atoms with Gasteiger partial charge in [-0.3, -0.25) is 4.79 Å². The van der Waals surface area contributed by atoms with Gasteiger partial charge >= 0.3 is 0 Å². The lowest BCUT2D eigenvalue weighted by Crippen LogP contribution is -2.39. The molecular weight excluding hydrogens is 270 g/mol. The molecule has 0 saturated carbocycles. The van der Waals surface area contributed by atoms with Crippen molar-refractivity contribution in [3.8, 4) is 0 Å². The first kappa shape index (κ1) is 17.1. The van der Waals surface area contributed by atoms with Crippen molar-refractivity contribution < 1.29 is 9.90 Å². The molecular formula is C16H25NO2S. The number of amides is 1. The van der Waals surface area contributed by atoms with Gasteiger partial charge in [-0.25, -0.2) is 0 Å². The zero-order valence-electron chi connectivity index (χ0n) is 12.6. The monoisotopic (exact) mass is 295 g/mol. The molecule has 0 aromatic heterocycles. The maximum atomic E-state index is 12.2. The van der Waals surface area contributed by atoms with Crippen LogP contribution in [0.25, 0.3) is 0 Å². The molecule has 0 aliphatic rings. The van der Waals surface area contributed by atoms with E-state index in [0.717, 1.165) is 11.5 Å². The molecule has 20 heavy (non-hydrogen) atoms. The molecule has 0 heterocycles. The van der Waals surface area contributed by atoms with Crippen LogP contribution in [0.4, 0.5) is 0 Å². The molecule has 1 aromatic rings. The average molecular weight is 295 g/mol. The highest BCUT2D eigenvalue weighted by Crippen LogP contribution is 2.13. The highest BCUT2D eigenvalue weighted by molar-refractivity contribution is 7.98. The van der Waals surface area contributed by atoms with E-state index < -0.39 is 0 Å². The van der Waals surface area contributed by atoms with Crippen LogP contribution in [-0.2, 0) is 5.75 Å². The first-order valence-corrected chi connectivity index (χ1v) is 8.32. The third-order valence-corrected chi connectivity index (χ3v) is 4.20. The molecule has 0 radical (unpaired) electrons. The van der Waals surface area contributed by atoms with Crippen LogP contribution in [0.3, 0.4) is 0 Å². The number of carbonyl (C=O) groups is 1. The fraction of sp³-hybridized carbons (Fsp3) is 0.562. The fourth-order valence-electron chi connectivity index (χ4n) is 1.94. The van der Waals surface area contributed by atoms with Crippen molar-refractivity contribution in [3.05, 3.63) is 35.4 Å². The first-order valence-electron chi connectivity index (χ1n) is 7.16. The van der Waals surface area contributed by atoms with Gasteiger partial charge in [-0.05, 0) is 35.8 Å². The summed E-state index contributed by atoms with van der Waals surface area (Å²) in [6, 6.07) is 7.78. The van der Waals surface area contributed by atoms with Crippen molar-refractivity contribution in [1.82, 2.24) is 5.32 Å². The van der Waals surface area contributed by atoms with Crippen molar-refractivity contribution in [2.24, 2.45) is 5.92 Å². The summed E-state index contributed by atoms with van der Waals surface area (Å²) in [6.45, 7) is 6.33. The van der Waals surface area contributed by atoms with E-state index in [4.69, 9.17) is 5.11 Å². The first-order chi connectivity index (χ1) is 9.58. The summed E-state index contributed by atoms with van der Waals surface area (Å²) in [5.41, 5.74) is 1.92. The molecule has 0 spiro atoms. The third-order valence-electron chi connectivity index (χ3n) is 3.25. The number of aliphatic hydroxyl groups excluding tert-OH is 1. The summed E-state index contributed by atoms with van der Waals surface area (Å²) in [5, 5.41) is 12.0. The minimum Gasteiger partial charge on any atom is -0.396 e. The fourth-order valence-corrected chi connectivity index (χ4v) is 2.57. The van der Waals surface area contributed by atoms with Gasteiger partial charge in [0.25, 0.3) is 5.91 Å². The SMILES string of the molecule is CCSCc1ccc(C(=O)NC(CCO)C(C)C)cc1. The topological polar surface area (TPSA) is 49.3 Å². The van der Waals surface area contributed by atoms with Gasteiger partial charge in [0.2, 0.25) is 0 Å². The summed E-state index contributed by atoms with van der Waals surface area (Å²) < 4.78 is 0. The van der Waals surface area contributed by atoms with E-state index in [1.807, 2.05) is 49.9 Å². The summed E-state index contributed by atoms with van der Waals surface area (Å²) in [4.78, 5) is 12.2. The Morgan fingerprint density at radius 2 is 1.95 bits per heavy atom. The van der Waals surface area contributed by atoms with Crippen LogP contribution in [-0.4, -0.2) is 29.4 Å². The van der Waals surface area contributed by atoms with Gasteiger partial charge in [0.1, 0.15) is 0 Å². The number of nitrogens with one attached hydrogen (secondary N) is 1. The highest BCUT2D eigenvalue weighted by atomic mass is 32.2. The Morgan fingerprint density at radius 3 is 2.45 bits per heavy atom. The highest BCUT2D eigenvalue weighted by Gasteiger charge is 2.16. The minimum atomic E-state index is -0.0631. The number of aliphatic hydroxyl groups is 1. The van der Waals surface area contributed by atoms with E-state index in [0.29, 0.717) is 17.9 Å². The van der Waals surface area contributed by atoms with Crippen molar-refractivity contribution in [3.63, 3.8) is 0 Å². The summed E-state index contributed by atoms with van der Waals surface area (Å²) >= 11 is 1.87. The van der Waals surface area contributed by atoms with Crippen LogP contribution < -0.4 is 5.32 Å². The maximum absolute atomic E-state index is 12.2. The number of hydrogen-bond acceptors (Lipinski definition) is 3. The van der Waals surface area contributed by atoms with Crippen molar-refractivity contribution in [2.75, 3.05) is 12.4 Å². The van der Waals surface area contributed by atoms with Crippen molar-refractivity contribution in [1.29, 1.82) is 0 Å². The second kappa shape index (κ2) is 9.03. The molecule has 1 aromatic carbocycles. The lowest BCUT2D eigenvalue weighted by Gasteiger charge is -2.21. The van der Waals surface area contributed by atoms with Gasteiger partial charge in [-0.1, -0.05) is 32.9 Å². The Morgan fingerprint density at radius 1 is 1.30 bits per heavy atom. The molecule has 1 unspecified atom stereocenters. The van der Waals surface area contributed by atoms with Crippen LogP contribution in [0.2, 0.25) is 0 Å². The van der Waals surface area contributed by atoms with Gasteiger partial charge in [-0.15, -0.1) is 0 Å². The zero-order chi connectivity index (χ0) is 15.0. The van der Waals surface area contributed by atoms with Crippen LogP contribution in [0.1, 0.15) is 43.1 Å². The molecule has 2 N–H and O–H groups in total. The number of thioether (sulfide) groups is 1. The molecule has 112 valence electrons. The van der Waals surface area contributed by atoms with Gasteiger partial charge in [0.05, 0.1) is 0 Å². The lowest BCUT2D eigenvalue weighted by atomic mass is 10.0. The van der Waals surface area contributed by atoms with E-state index in [1.54, 1.807) is 0 Å². The van der Waals surface area contributed by atoms with Gasteiger partial charge < -0.3 is 10.4 Å². The van der Waals surface area contributed by atoms with Crippen LogP contribution in [0.5, 0.6) is 0 Å². The summed E-state index contributed by atoms with van der Waals surface area (Å²) in [5.74, 6) is 2.33. The van der Waals surface area contributed by atoms with Gasteiger partial charge in [-0.2, -0.15) is 11.8 Å². The Hall–Kier alpha value is -1.00. The Balaban J connectivity index is 2.62. The Labute approximate surface area is 126 Å². The molecule has 0 aliphatic carbocycles. The zero-order valence-corrected chi connectivity index (χ0v) is 13.4. The van der Waals surface area contributed by atoms with Crippen molar-refractivity contribution in [2.45, 2.75) is 39.0 Å². The Bertz CT molecular complexity index is 403. The number of carbonyl (C=O) groups excluding carboxylic acids is 1. The van der Waals surface area contributed by atoms with Crippen LogP contribution in [0.15, 0.2) is 24.3 Å². The molecule has 1 amide bonds. The molecule has 0 aliphatic heterocycles. The number of hydrogen-bond donors (Lipinski definition) is 2. The molecule has 3 nitrogen and oxygen atoms in total. The normalized spacial score (nSPS) is 12.4. The predicted molar refractivity (Wildman–Crippen MR) is 86.1 cm³/mol. The van der Waals surface area contributed by atoms with E-state index in [2.05, 4.69) is 12.2 Å². The Kier molecular flexibility index (Phi) is 7.70. The number of rotatable bonds is 8. The van der Waals surface area contributed by atoms with Gasteiger partial charge in [0, 0.05) is 24.0 Å². The third kappa shape index (κ3) is 5.55. The lowest BCUT2D eigenvalue weighted by molar-refractivity contribution is 0.0916. The molecule has 0 saturated heterocycles. The smallest absolute Gasteiger partial charge is 0.251 e. The predicted octanol–water partition coefficient (Wildman–Crippen LogP) is 3.08. The van der Waals surface area contributed by atoms with E-state index >= 15 is 0 Å². The van der Waals surface area contributed by atoms with E-state index in [-0.39, 0.29) is 18.6 Å². The average Bonchev–Trinajstić information content (AvgIpc) is 2.45.